The van der Waals surface area contributed by atoms with Gasteiger partial charge in [-0.05, 0) is 49.9 Å². The molecule has 2 aromatic carbocycles. The van der Waals surface area contributed by atoms with E-state index in [2.05, 4.69) is 0 Å². The van der Waals surface area contributed by atoms with E-state index >= 15 is 0 Å². The number of carbonyl (C=O) groups is 1. The molecule has 2 aromatic rings. The van der Waals surface area contributed by atoms with Crippen molar-refractivity contribution in [1.82, 2.24) is 4.90 Å². The number of hydrogen-bond donors (Lipinski definition) is 0. The zero-order valence-electron chi connectivity index (χ0n) is 12.0. The molecule has 0 amide bonds. The molecule has 0 aliphatic carbocycles. The van der Waals surface area contributed by atoms with Crippen molar-refractivity contribution in [2.75, 3.05) is 13.6 Å². The normalized spacial score (nSPS) is 12.4. The van der Waals surface area contributed by atoms with E-state index in [1.165, 1.54) is 24.3 Å². The molecule has 0 N–H and O–H groups in total. The second-order valence-corrected chi connectivity index (χ2v) is 5.45. The Hall–Kier alpha value is -1.71. The molecular weight excluding hydrogens is 289 g/mol. The molecule has 0 bridgehead atoms. The third kappa shape index (κ3) is 3.90. The third-order valence-corrected chi connectivity index (χ3v) is 3.92. The highest BCUT2D eigenvalue weighted by Crippen LogP contribution is 2.26. The molecule has 0 radical (unpaired) electrons. The van der Waals surface area contributed by atoms with Gasteiger partial charge in [-0.1, -0.05) is 29.8 Å². The number of hydrogen-bond acceptors (Lipinski definition) is 2. The first-order valence-electron chi connectivity index (χ1n) is 6.72. The van der Waals surface area contributed by atoms with Crippen LogP contribution >= 0.6 is 11.6 Å². The average Bonchev–Trinajstić information content (AvgIpc) is 2.47. The number of halogens is 2. The smallest absolute Gasteiger partial charge is 0.176 e. The highest BCUT2D eigenvalue weighted by atomic mass is 35.5. The first kappa shape index (κ1) is 15.7. The summed E-state index contributed by atoms with van der Waals surface area (Å²) in [5, 5.41) is 0.686. The van der Waals surface area contributed by atoms with Gasteiger partial charge >= 0.3 is 0 Å². The van der Waals surface area contributed by atoms with Crippen molar-refractivity contribution in [1.29, 1.82) is 0 Å². The average molecular weight is 306 g/mol. The Labute approximate surface area is 129 Å². The SMILES string of the molecule is CC(c1ccccc1Cl)N(C)CC(=O)c1ccc(F)cc1. The number of nitrogens with zero attached hydrogens (tertiary/aromatic N) is 1. The standard InChI is InChI=1S/C17H17ClFNO/c1-12(15-5-3-4-6-16(15)18)20(2)11-17(21)13-7-9-14(19)10-8-13/h3-10,12H,11H2,1-2H3. The van der Waals surface area contributed by atoms with Crippen molar-refractivity contribution in [2.45, 2.75) is 13.0 Å². The molecule has 0 saturated carbocycles. The fraction of sp³-hybridized carbons (Fsp3) is 0.235. The topological polar surface area (TPSA) is 20.3 Å². The van der Waals surface area contributed by atoms with Gasteiger partial charge in [0.25, 0.3) is 0 Å². The Kier molecular flexibility index (Phi) is 5.10. The molecule has 0 fully saturated rings. The molecule has 2 nitrogen and oxygen atoms in total. The van der Waals surface area contributed by atoms with Crippen LogP contribution in [0.2, 0.25) is 5.02 Å². The first-order valence-corrected chi connectivity index (χ1v) is 7.10. The molecule has 1 unspecified atom stereocenters. The lowest BCUT2D eigenvalue weighted by atomic mass is 10.1. The van der Waals surface area contributed by atoms with E-state index in [4.69, 9.17) is 11.6 Å². The van der Waals surface area contributed by atoms with Gasteiger partial charge in [0.1, 0.15) is 5.82 Å². The Morgan fingerprint density at radius 2 is 1.81 bits per heavy atom. The van der Waals surface area contributed by atoms with Crippen molar-refractivity contribution in [2.24, 2.45) is 0 Å². The van der Waals surface area contributed by atoms with Crippen LogP contribution in [0.4, 0.5) is 4.39 Å². The molecule has 0 saturated heterocycles. The minimum Gasteiger partial charge on any atom is -0.293 e. The molecule has 0 aromatic heterocycles. The van der Waals surface area contributed by atoms with Gasteiger partial charge in [-0.25, -0.2) is 4.39 Å². The van der Waals surface area contributed by atoms with Crippen LogP contribution in [-0.4, -0.2) is 24.3 Å². The van der Waals surface area contributed by atoms with Gasteiger partial charge in [0, 0.05) is 16.6 Å². The Balaban J connectivity index is 2.07. The fourth-order valence-electron chi connectivity index (χ4n) is 2.14. The summed E-state index contributed by atoms with van der Waals surface area (Å²) in [6.45, 7) is 2.25. The Morgan fingerprint density at radius 3 is 2.43 bits per heavy atom. The third-order valence-electron chi connectivity index (χ3n) is 3.58. The van der Waals surface area contributed by atoms with Crippen molar-refractivity contribution < 1.29 is 9.18 Å². The largest absolute Gasteiger partial charge is 0.293 e. The molecule has 0 aliphatic heterocycles. The van der Waals surface area contributed by atoms with Crippen LogP contribution in [0, 0.1) is 5.82 Å². The van der Waals surface area contributed by atoms with Gasteiger partial charge in [0.2, 0.25) is 0 Å². The monoisotopic (exact) mass is 305 g/mol. The second-order valence-electron chi connectivity index (χ2n) is 5.04. The van der Waals surface area contributed by atoms with E-state index in [0.717, 1.165) is 5.56 Å². The van der Waals surface area contributed by atoms with Crippen molar-refractivity contribution in [3.8, 4) is 0 Å². The molecule has 110 valence electrons. The summed E-state index contributed by atoms with van der Waals surface area (Å²) in [7, 11) is 1.87. The lowest BCUT2D eigenvalue weighted by molar-refractivity contribution is 0.0925. The van der Waals surface area contributed by atoms with Crippen molar-refractivity contribution in [3.05, 3.63) is 70.5 Å². The van der Waals surface area contributed by atoms with Crippen LogP contribution in [-0.2, 0) is 0 Å². The zero-order valence-corrected chi connectivity index (χ0v) is 12.8. The number of Topliss-reactive ketones (excluding diaryl/α,β-unsaturated/α-hetero) is 1. The van der Waals surface area contributed by atoms with Gasteiger partial charge in [-0.3, -0.25) is 9.69 Å². The van der Waals surface area contributed by atoms with Crippen LogP contribution in [0.15, 0.2) is 48.5 Å². The van der Waals surface area contributed by atoms with Gasteiger partial charge in [-0.15, -0.1) is 0 Å². The lowest BCUT2D eigenvalue weighted by Crippen LogP contribution is -2.29. The van der Waals surface area contributed by atoms with E-state index in [1.54, 1.807) is 0 Å². The minimum absolute atomic E-state index is 0.0168. The number of rotatable bonds is 5. The summed E-state index contributed by atoms with van der Waals surface area (Å²) >= 11 is 6.18. The molecule has 0 aliphatic rings. The molecule has 0 spiro atoms. The molecule has 0 heterocycles. The predicted molar refractivity (Wildman–Crippen MR) is 83.2 cm³/mol. The van der Waals surface area contributed by atoms with Crippen molar-refractivity contribution in [3.63, 3.8) is 0 Å². The molecule has 4 heteroatoms. The van der Waals surface area contributed by atoms with E-state index in [9.17, 15) is 9.18 Å². The van der Waals surface area contributed by atoms with E-state index in [0.29, 0.717) is 10.6 Å². The quantitative estimate of drug-likeness (QED) is 0.765. The molecule has 2 rings (SSSR count). The van der Waals surface area contributed by atoms with Gasteiger partial charge in [-0.2, -0.15) is 0 Å². The van der Waals surface area contributed by atoms with E-state index in [-0.39, 0.29) is 24.2 Å². The number of benzene rings is 2. The van der Waals surface area contributed by atoms with Crippen LogP contribution in [0.25, 0.3) is 0 Å². The van der Waals surface area contributed by atoms with Crippen LogP contribution < -0.4 is 0 Å². The fourth-order valence-corrected chi connectivity index (χ4v) is 2.44. The van der Waals surface area contributed by atoms with E-state index < -0.39 is 0 Å². The van der Waals surface area contributed by atoms with Crippen LogP contribution in [0.3, 0.4) is 0 Å². The van der Waals surface area contributed by atoms with Crippen LogP contribution in [0.5, 0.6) is 0 Å². The summed E-state index contributed by atoms with van der Waals surface area (Å²) in [6, 6.07) is 13.2. The van der Waals surface area contributed by atoms with Crippen LogP contribution in [0.1, 0.15) is 28.9 Å². The summed E-state index contributed by atoms with van der Waals surface area (Å²) < 4.78 is 12.9. The summed E-state index contributed by atoms with van der Waals surface area (Å²) in [4.78, 5) is 14.1. The Bertz CT molecular complexity index is 627. The van der Waals surface area contributed by atoms with E-state index in [1.807, 2.05) is 43.1 Å². The number of carbonyl (C=O) groups excluding carboxylic acids is 1. The van der Waals surface area contributed by atoms with Gasteiger partial charge in [0.15, 0.2) is 5.78 Å². The highest BCUT2D eigenvalue weighted by Gasteiger charge is 2.17. The summed E-state index contributed by atoms with van der Waals surface area (Å²) in [5.74, 6) is -0.388. The second kappa shape index (κ2) is 6.83. The number of likely N-dealkylation sites (N-methyl/N-ethyl adjacent to an activating group) is 1. The molecular formula is C17H17ClFNO. The zero-order chi connectivity index (χ0) is 15.4. The molecule has 21 heavy (non-hydrogen) atoms. The Morgan fingerprint density at radius 1 is 1.19 bits per heavy atom. The number of ketones is 1. The maximum absolute atomic E-state index is 12.9. The maximum Gasteiger partial charge on any atom is 0.176 e. The lowest BCUT2D eigenvalue weighted by Gasteiger charge is -2.25. The maximum atomic E-state index is 12.9. The van der Waals surface area contributed by atoms with Gasteiger partial charge < -0.3 is 0 Å². The summed E-state index contributed by atoms with van der Waals surface area (Å²) in [6.07, 6.45) is 0. The predicted octanol–water partition coefficient (Wildman–Crippen LogP) is 4.35. The summed E-state index contributed by atoms with van der Waals surface area (Å²) in [5.41, 5.74) is 1.49. The first-order chi connectivity index (χ1) is 9.99. The molecule has 1 atom stereocenters. The van der Waals surface area contributed by atoms with Crippen molar-refractivity contribution >= 4 is 17.4 Å². The van der Waals surface area contributed by atoms with Gasteiger partial charge in [0.05, 0.1) is 6.54 Å². The minimum atomic E-state index is -0.343. The highest BCUT2D eigenvalue weighted by molar-refractivity contribution is 6.31.